The smallest absolute Gasteiger partial charge is 0.324 e. The molecule has 0 fully saturated rings. The van der Waals surface area contributed by atoms with Gasteiger partial charge in [0.25, 0.3) is 0 Å². The minimum Gasteiger partial charge on any atom is -0.456 e. The van der Waals surface area contributed by atoms with Crippen LogP contribution in [0.5, 0.6) is 0 Å². The Hall–Kier alpha value is -2.68. The summed E-state index contributed by atoms with van der Waals surface area (Å²) in [6, 6.07) is 18.3. The number of thioether (sulfide) groups is 1. The average molecular weight is 500 g/mol. The van der Waals surface area contributed by atoms with E-state index in [1.54, 1.807) is 24.3 Å². The minimum atomic E-state index is -3.98. The highest BCUT2D eigenvalue weighted by Crippen LogP contribution is 2.20. The van der Waals surface area contributed by atoms with Crippen molar-refractivity contribution in [3.8, 4) is 0 Å². The Kier molecular flexibility index (Phi) is 8.88. The maximum atomic E-state index is 13.0. The molecule has 0 saturated carbocycles. The van der Waals surface area contributed by atoms with E-state index in [0.29, 0.717) is 17.2 Å². The van der Waals surface area contributed by atoms with Crippen LogP contribution in [-0.4, -0.2) is 44.8 Å². The van der Waals surface area contributed by atoms with Gasteiger partial charge >= 0.3 is 5.97 Å². The van der Waals surface area contributed by atoms with Crippen molar-refractivity contribution in [2.45, 2.75) is 37.1 Å². The molecule has 0 spiro atoms. The number of ketones is 1. The van der Waals surface area contributed by atoms with Gasteiger partial charge in [0.05, 0.1) is 4.90 Å². The molecule has 0 amide bonds. The molecule has 0 aromatic heterocycles. The summed E-state index contributed by atoms with van der Waals surface area (Å²) in [7, 11) is -3.98. The molecule has 34 heavy (non-hydrogen) atoms. The number of carbonyl (C=O) groups is 2. The summed E-state index contributed by atoms with van der Waals surface area (Å²) in [6.45, 7) is 3.67. The van der Waals surface area contributed by atoms with E-state index in [1.807, 2.05) is 42.7 Å². The fourth-order valence-corrected chi connectivity index (χ4v) is 5.15. The molecule has 0 aliphatic carbocycles. The average Bonchev–Trinajstić information content (AvgIpc) is 2.84. The highest BCUT2D eigenvalue weighted by molar-refractivity contribution is 7.98. The molecule has 0 saturated heterocycles. The largest absolute Gasteiger partial charge is 0.456 e. The number of benzene rings is 3. The van der Waals surface area contributed by atoms with E-state index < -0.39 is 28.6 Å². The second-order valence-electron chi connectivity index (χ2n) is 8.27. The first-order valence-electron chi connectivity index (χ1n) is 11.0. The predicted octanol–water partition coefficient (Wildman–Crippen LogP) is 4.79. The number of rotatable bonds is 11. The van der Waals surface area contributed by atoms with Gasteiger partial charge in [-0.2, -0.15) is 16.5 Å². The number of esters is 1. The van der Waals surface area contributed by atoms with Crippen LogP contribution in [0.1, 0.15) is 42.1 Å². The summed E-state index contributed by atoms with van der Waals surface area (Å²) < 4.78 is 33.7. The molecule has 0 aliphatic heterocycles. The van der Waals surface area contributed by atoms with Crippen LogP contribution in [-0.2, 0) is 19.6 Å². The molecule has 3 aromatic carbocycles. The van der Waals surface area contributed by atoms with Crippen molar-refractivity contribution in [3.63, 3.8) is 0 Å². The Labute approximate surface area is 205 Å². The zero-order valence-corrected chi connectivity index (χ0v) is 21.1. The first-order chi connectivity index (χ1) is 16.2. The van der Waals surface area contributed by atoms with E-state index in [0.717, 1.165) is 16.3 Å². The summed E-state index contributed by atoms with van der Waals surface area (Å²) in [4.78, 5) is 25.3. The topological polar surface area (TPSA) is 89.5 Å². The van der Waals surface area contributed by atoms with Gasteiger partial charge in [0.15, 0.2) is 12.4 Å². The van der Waals surface area contributed by atoms with Crippen LogP contribution in [0.4, 0.5) is 0 Å². The van der Waals surface area contributed by atoms with E-state index in [2.05, 4.69) is 18.6 Å². The summed E-state index contributed by atoms with van der Waals surface area (Å²) in [5.74, 6) is -0.227. The number of ether oxygens (including phenoxy) is 1. The summed E-state index contributed by atoms with van der Waals surface area (Å²) in [5, 5.41) is 1.70. The van der Waals surface area contributed by atoms with E-state index in [9.17, 15) is 18.0 Å². The zero-order chi connectivity index (χ0) is 24.7. The number of fused-ring (bicyclic) bond motifs is 1. The molecule has 0 heterocycles. The first kappa shape index (κ1) is 25.9. The van der Waals surface area contributed by atoms with Crippen molar-refractivity contribution >= 4 is 44.3 Å². The predicted molar refractivity (Wildman–Crippen MR) is 137 cm³/mol. The molecular formula is C26H29NO5S2. The van der Waals surface area contributed by atoms with E-state index in [1.165, 1.54) is 17.8 Å². The normalized spacial score (nSPS) is 12.6. The summed E-state index contributed by atoms with van der Waals surface area (Å²) in [6.07, 6.45) is 2.11. The molecule has 0 radical (unpaired) electrons. The fraction of sp³-hybridized carbons (Fsp3) is 0.308. The molecule has 1 atom stereocenters. The van der Waals surface area contributed by atoms with Crippen molar-refractivity contribution in [2.24, 2.45) is 0 Å². The van der Waals surface area contributed by atoms with E-state index >= 15 is 0 Å². The highest BCUT2D eigenvalue weighted by Gasteiger charge is 2.27. The second kappa shape index (κ2) is 11.6. The molecule has 6 nitrogen and oxygen atoms in total. The number of Topliss-reactive ketones (excluding diaryl/α,β-unsaturated/α-hetero) is 1. The van der Waals surface area contributed by atoms with Crippen molar-refractivity contribution < 1.29 is 22.7 Å². The SMILES string of the molecule is CSCC[C@@H](NS(=O)(=O)c1ccc2ccccc2c1)C(=O)OCC(=O)c1ccc(C(C)C)cc1. The van der Waals surface area contributed by atoms with Crippen LogP contribution in [0, 0.1) is 0 Å². The van der Waals surface area contributed by atoms with Crippen LogP contribution in [0.25, 0.3) is 10.8 Å². The van der Waals surface area contributed by atoms with Crippen molar-refractivity contribution in [3.05, 3.63) is 77.9 Å². The quantitative estimate of drug-likeness (QED) is 0.301. The number of sulfonamides is 1. The van der Waals surface area contributed by atoms with Gasteiger partial charge in [-0.1, -0.05) is 68.4 Å². The van der Waals surface area contributed by atoms with Gasteiger partial charge in [-0.25, -0.2) is 8.42 Å². The zero-order valence-electron chi connectivity index (χ0n) is 19.5. The molecular weight excluding hydrogens is 470 g/mol. The van der Waals surface area contributed by atoms with Gasteiger partial charge in [0, 0.05) is 5.56 Å². The summed E-state index contributed by atoms with van der Waals surface area (Å²) in [5.41, 5.74) is 1.54. The third-order valence-electron chi connectivity index (χ3n) is 5.47. The lowest BCUT2D eigenvalue weighted by atomic mass is 10.0. The molecule has 180 valence electrons. The fourth-order valence-electron chi connectivity index (χ4n) is 3.42. The molecule has 0 aliphatic rings. The molecule has 3 aromatic rings. The third kappa shape index (κ3) is 6.68. The van der Waals surface area contributed by atoms with Crippen LogP contribution in [0.3, 0.4) is 0 Å². The van der Waals surface area contributed by atoms with Crippen LogP contribution >= 0.6 is 11.8 Å². The molecule has 3 rings (SSSR count). The van der Waals surface area contributed by atoms with Crippen LogP contribution < -0.4 is 4.72 Å². The Morgan fingerprint density at radius 2 is 1.65 bits per heavy atom. The van der Waals surface area contributed by atoms with Gasteiger partial charge < -0.3 is 4.74 Å². The van der Waals surface area contributed by atoms with Crippen molar-refractivity contribution in [1.29, 1.82) is 0 Å². The van der Waals surface area contributed by atoms with Gasteiger partial charge in [-0.3, -0.25) is 9.59 Å². The lowest BCUT2D eigenvalue weighted by molar-refractivity contribution is -0.144. The summed E-state index contributed by atoms with van der Waals surface area (Å²) >= 11 is 1.49. The van der Waals surface area contributed by atoms with Gasteiger partial charge in [0.2, 0.25) is 10.0 Å². The van der Waals surface area contributed by atoms with Gasteiger partial charge in [-0.15, -0.1) is 0 Å². The molecule has 8 heteroatoms. The number of hydrogen-bond donors (Lipinski definition) is 1. The Morgan fingerprint density at radius 3 is 2.29 bits per heavy atom. The molecule has 0 bridgehead atoms. The Balaban J connectivity index is 1.69. The Bertz CT molecular complexity index is 1250. The third-order valence-corrected chi connectivity index (χ3v) is 7.58. The maximum Gasteiger partial charge on any atom is 0.324 e. The first-order valence-corrected chi connectivity index (χ1v) is 13.9. The molecule has 0 unspecified atom stereocenters. The van der Waals surface area contributed by atoms with Crippen LogP contribution in [0.15, 0.2) is 71.6 Å². The molecule has 1 N–H and O–H groups in total. The monoisotopic (exact) mass is 499 g/mol. The van der Waals surface area contributed by atoms with Gasteiger partial charge in [0.1, 0.15) is 6.04 Å². The number of nitrogens with one attached hydrogen (secondary N) is 1. The van der Waals surface area contributed by atoms with Crippen molar-refractivity contribution in [2.75, 3.05) is 18.6 Å². The number of hydrogen-bond acceptors (Lipinski definition) is 6. The minimum absolute atomic E-state index is 0.0643. The van der Waals surface area contributed by atoms with Crippen molar-refractivity contribution in [1.82, 2.24) is 4.72 Å². The lowest BCUT2D eigenvalue weighted by Gasteiger charge is -2.17. The second-order valence-corrected chi connectivity index (χ2v) is 11.0. The lowest BCUT2D eigenvalue weighted by Crippen LogP contribution is -2.42. The Morgan fingerprint density at radius 1 is 0.971 bits per heavy atom. The van der Waals surface area contributed by atoms with Gasteiger partial charge in [-0.05, 0) is 52.8 Å². The van der Waals surface area contributed by atoms with Crippen LogP contribution in [0.2, 0.25) is 0 Å². The number of carbonyl (C=O) groups excluding carboxylic acids is 2. The van der Waals surface area contributed by atoms with E-state index in [-0.39, 0.29) is 17.1 Å². The standard InChI is InChI=1S/C26H29NO5S2/c1-18(2)19-8-10-21(11-9-19)25(28)17-32-26(29)24(14-15-33-3)27-34(30,31)23-13-12-20-6-4-5-7-22(20)16-23/h4-13,16,18,24,27H,14-15,17H2,1-3H3/t24-/m1/s1. The highest BCUT2D eigenvalue weighted by atomic mass is 32.2. The maximum absolute atomic E-state index is 13.0. The van der Waals surface area contributed by atoms with E-state index in [4.69, 9.17) is 4.74 Å².